The molecular weight excluding hydrogens is 308 g/mol. The van der Waals surface area contributed by atoms with E-state index >= 15 is 0 Å². The van der Waals surface area contributed by atoms with Gasteiger partial charge in [0.25, 0.3) is 5.91 Å². The first-order valence-corrected chi connectivity index (χ1v) is 6.51. The van der Waals surface area contributed by atoms with Gasteiger partial charge in [-0.3, -0.25) is 4.79 Å². The Morgan fingerprint density at radius 1 is 1.32 bits per heavy atom. The minimum Gasteiger partial charge on any atom is -0.508 e. The lowest BCUT2D eigenvalue weighted by atomic mass is 10.2. The molecule has 0 unspecified atom stereocenters. The predicted octanol–water partition coefficient (Wildman–Crippen LogP) is 2.82. The summed E-state index contributed by atoms with van der Waals surface area (Å²) in [5.74, 6) is 0.0549. The molecule has 1 aromatic heterocycles. The van der Waals surface area contributed by atoms with Crippen LogP contribution in [-0.2, 0) is 6.54 Å². The molecule has 1 N–H and O–H groups in total. The quantitative estimate of drug-likeness (QED) is 0.885. The summed E-state index contributed by atoms with van der Waals surface area (Å²) in [4.78, 5) is 17.7. The number of amides is 1. The Morgan fingerprint density at radius 2 is 2.05 bits per heavy atom. The van der Waals surface area contributed by atoms with Gasteiger partial charge in [-0.05, 0) is 34.1 Å². The molecule has 0 spiro atoms. The summed E-state index contributed by atoms with van der Waals surface area (Å²) in [5, 5.41) is 9.69. The molecule has 0 saturated carbocycles. The van der Waals surface area contributed by atoms with Crippen molar-refractivity contribution < 1.29 is 9.90 Å². The van der Waals surface area contributed by atoms with Crippen LogP contribution in [0.1, 0.15) is 15.9 Å². The number of para-hydroxylation sites is 1. The van der Waals surface area contributed by atoms with Crippen molar-refractivity contribution in [3.63, 3.8) is 0 Å². The molecule has 0 saturated heterocycles. The van der Waals surface area contributed by atoms with E-state index in [1.807, 2.05) is 6.07 Å². The monoisotopic (exact) mass is 320 g/mol. The summed E-state index contributed by atoms with van der Waals surface area (Å²) in [5.41, 5.74) is 1.23. The standard InChI is InChI=1S/C14H13BrN2O2/c1-17(9-11-4-2-3-5-12(11)18)14(19)10-6-7-13(15)16-8-10/h2-8,18H,9H2,1H3. The van der Waals surface area contributed by atoms with Gasteiger partial charge >= 0.3 is 0 Å². The number of rotatable bonds is 3. The first-order valence-electron chi connectivity index (χ1n) is 5.72. The summed E-state index contributed by atoms with van der Waals surface area (Å²) in [7, 11) is 1.69. The first-order chi connectivity index (χ1) is 9.08. The lowest BCUT2D eigenvalue weighted by Gasteiger charge is -2.17. The molecule has 19 heavy (non-hydrogen) atoms. The minimum atomic E-state index is -0.136. The van der Waals surface area contributed by atoms with E-state index in [0.717, 1.165) is 0 Å². The maximum atomic E-state index is 12.2. The van der Waals surface area contributed by atoms with Crippen LogP contribution in [-0.4, -0.2) is 27.9 Å². The molecule has 0 bridgehead atoms. The van der Waals surface area contributed by atoms with Gasteiger partial charge in [-0.15, -0.1) is 0 Å². The van der Waals surface area contributed by atoms with Crippen LogP contribution in [0, 0.1) is 0 Å². The third-order valence-electron chi connectivity index (χ3n) is 2.72. The van der Waals surface area contributed by atoms with E-state index in [2.05, 4.69) is 20.9 Å². The highest BCUT2D eigenvalue weighted by Gasteiger charge is 2.13. The molecular formula is C14H13BrN2O2. The van der Waals surface area contributed by atoms with E-state index in [4.69, 9.17) is 0 Å². The van der Waals surface area contributed by atoms with Gasteiger partial charge in [-0.1, -0.05) is 18.2 Å². The first kappa shape index (κ1) is 13.5. The fourth-order valence-electron chi connectivity index (χ4n) is 1.69. The maximum absolute atomic E-state index is 12.2. The molecule has 98 valence electrons. The maximum Gasteiger partial charge on any atom is 0.255 e. The average molecular weight is 321 g/mol. The Bertz CT molecular complexity index is 584. The molecule has 0 aliphatic heterocycles. The minimum absolute atomic E-state index is 0.136. The fraction of sp³-hybridized carbons (Fsp3) is 0.143. The molecule has 4 nitrogen and oxygen atoms in total. The smallest absolute Gasteiger partial charge is 0.255 e. The second-order valence-corrected chi connectivity index (χ2v) is 4.97. The van der Waals surface area contributed by atoms with Gasteiger partial charge in [0.2, 0.25) is 0 Å². The third kappa shape index (κ3) is 3.32. The Labute approximate surface area is 119 Å². The number of pyridine rings is 1. The summed E-state index contributed by atoms with van der Waals surface area (Å²) in [6, 6.07) is 10.4. The highest BCUT2D eigenvalue weighted by Crippen LogP contribution is 2.18. The van der Waals surface area contributed by atoms with Crippen molar-refractivity contribution in [1.82, 2.24) is 9.88 Å². The van der Waals surface area contributed by atoms with Gasteiger partial charge in [-0.25, -0.2) is 4.98 Å². The number of carbonyl (C=O) groups is 1. The third-order valence-corrected chi connectivity index (χ3v) is 3.19. The van der Waals surface area contributed by atoms with Gasteiger partial charge in [0, 0.05) is 25.4 Å². The molecule has 2 aromatic rings. The normalized spacial score (nSPS) is 10.2. The molecule has 0 aliphatic carbocycles. The number of nitrogens with zero attached hydrogens (tertiary/aromatic N) is 2. The van der Waals surface area contributed by atoms with E-state index in [-0.39, 0.29) is 11.7 Å². The molecule has 2 rings (SSSR count). The number of hydrogen-bond donors (Lipinski definition) is 1. The Kier molecular flexibility index (Phi) is 4.16. The Morgan fingerprint density at radius 3 is 2.68 bits per heavy atom. The van der Waals surface area contributed by atoms with E-state index in [9.17, 15) is 9.90 Å². The number of hydrogen-bond acceptors (Lipinski definition) is 3. The van der Waals surface area contributed by atoms with Crippen molar-refractivity contribution >= 4 is 21.8 Å². The van der Waals surface area contributed by atoms with E-state index in [1.165, 1.54) is 6.20 Å². The van der Waals surface area contributed by atoms with Gasteiger partial charge in [0.05, 0.1) is 5.56 Å². The summed E-state index contributed by atoms with van der Waals surface area (Å²) < 4.78 is 0.687. The van der Waals surface area contributed by atoms with Crippen molar-refractivity contribution in [2.75, 3.05) is 7.05 Å². The van der Waals surface area contributed by atoms with Crippen LogP contribution in [0.25, 0.3) is 0 Å². The van der Waals surface area contributed by atoms with Gasteiger partial charge < -0.3 is 10.0 Å². The van der Waals surface area contributed by atoms with Crippen LogP contribution in [0.2, 0.25) is 0 Å². The zero-order valence-corrected chi connectivity index (χ0v) is 12.0. The van der Waals surface area contributed by atoms with Crippen LogP contribution in [0.3, 0.4) is 0 Å². The van der Waals surface area contributed by atoms with Gasteiger partial charge in [0.1, 0.15) is 10.4 Å². The number of phenolic OH excluding ortho intramolecular Hbond substituents is 1. The predicted molar refractivity (Wildman–Crippen MR) is 75.8 cm³/mol. The van der Waals surface area contributed by atoms with E-state index in [1.54, 1.807) is 42.3 Å². The molecule has 0 fully saturated rings. The number of benzene rings is 1. The molecule has 0 atom stereocenters. The van der Waals surface area contributed by atoms with Crippen LogP contribution in [0.5, 0.6) is 5.75 Å². The zero-order valence-electron chi connectivity index (χ0n) is 10.4. The molecule has 5 heteroatoms. The van der Waals surface area contributed by atoms with Crippen LogP contribution in [0.4, 0.5) is 0 Å². The average Bonchev–Trinajstić information content (AvgIpc) is 2.41. The van der Waals surface area contributed by atoms with E-state index < -0.39 is 0 Å². The lowest BCUT2D eigenvalue weighted by molar-refractivity contribution is 0.0784. The molecule has 1 aromatic carbocycles. The summed E-state index contributed by atoms with van der Waals surface area (Å²) in [6.07, 6.45) is 1.52. The molecule has 0 aliphatic rings. The van der Waals surface area contributed by atoms with Crippen LogP contribution in [0.15, 0.2) is 47.2 Å². The van der Waals surface area contributed by atoms with Crippen molar-refractivity contribution in [2.45, 2.75) is 6.54 Å². The number of aromatic nitrogens is 1. The number of carbonyl (C=O) groups excluding carboxylic acids is 1. The highest BCUT2D eigenvalue weighted by atomic mass is 79.9. The van der Waals surface area contributed by atoms with Crippen molar-refractivity contribution in [3.05, 3.63) is 58.3 Å². The van der Waals surface area contributed by atoms with Crippen molar-refractivity contribution in [3.8, 4) is 5.75 Å². The van der Waals surface area contributed by atoms with Crippen molar-refractivity contribution in [2.24, 2.45) is 0 Å². The second kappa shape index (κ2) is 5.84. The zero-order chi connectivity index (χ0) is 13.8. The fourth-order valence-corrected chi connectivity index (χ4v) is 1.93. The lowest BCUT2D eigenvalue weighted by Crippen LogP contribution is -2.26. The second-order valence-electron chi connectivity index (χ2n) is 4.16. The summed E-state index contributed by atoms with van der Waals surface area (Å²) in [6.45, 7) is 0.349. The number of aromatic hydroxyl groups is 1. The highest BCUT2D eigenvalue weighted by molar-refractivity contribution is 9.10. The Hall–Kier alpha value is -1.88. The molecule has 1 heterocycles. The molecule has 0 radical (unpaired) electrons. The van der Waals surface area contributed by atoms with Crippen LogP contribution >= 0.6 is 15.9 Å². The topological polar surface area (TPSA) is 53.4 Å². The van der Waals surface area contributed by atoms with Crippen LogP contribution < -0.4 is 0 Å². The van der Waals surface area contributed by atoms with Gasteiger partial charge in [0.15, 0.2) is 0 Å². The van der Waals surface area contributed by atoms with Gasteiger partial charge in [-0.2, -0.15) is 0 Å². The van der Waals surface area contributed by atoms with Crippen molar-refractivity contribution in [1.29, 1.82) is 0 Å². The number of halogens is 1. The summed E-state index contributed by atoms with van der Waals surface area (Å²) >= 11 is 3.23. The number of phenols is 1. The largest absolute Gasteiger partial charge is 0.508 e. The molecule has 1 amide bonds. The SMILES string of the molecule is CN(Cc1ccccc1O)C(=O)c1ccc(Br)nc1. The van der Waals surface area contributed by atoms with E-state index in [0.29, 0.717) is 22.3 Å². The Balaban J connectivity index is 2.12.